The molecule has 0 bridgehead atoms. The molecule has 1 unspecified atom stereocenters. The van der Waals surface area contributed by atoms with Gasteiger partial charge in [-0.3, -0.25) is 9.52 Å². The lowest BCUT2D eigenvalue weighted by Gasteiger charge is -2.33. The van der Waals surface area contributed by atoms with Crippen LogP contribution in [0.2, 0.25) is 10.0 Å². The van der Waals surface area contributed by atoms with Crippen molar-refractivity contribution in [3.05, 3.63) is 63.1 Å². The first kappa shape index (κ1) is 33.8. The molecule has 0 spiro atoms. The maximum absolute atomic E-state index is 12.0. The van der Waals surface area contributed by atoms with Crippen LogP contribution in [0.15, 0.2) is 41.3 Å². The van der Waals surface area contributed by atoms with Crippen LogP contribution in [-0.2, 0) is 25.6 Å². The van der Waals surface area contributed by atoms with Gasteiger partial charge in [-0.1, -0.05) is 48.7 Å². The third kappa shape index (κ3) is 11.9. The van der Waals surface area contributed by atoms with E-state index < -0.39 is 0 Å². The Kier molecular flexibility index (Phi) is 15.0. The number of carbonyl (C=O) groups excluding carboxylic acids is 2. The molecule has 2 aromatic rings. The molecule has 226 valence electrons. The van der Waals surface area contributed by atoms with Gasteiger partial charge < -0.3 is 24.5 Å². The summed E-state index contributed by atoms with van der Waals surface area (Å²) < 4.78 is 14.6. The van der Waals surface area contributed by atoms with E-state index in [4.69, 9.17) is 32.7 Å². The SMILES string of the molecule is CCC(CCC(=O)NCCOCCOCCNSc1cccc([C@@H]2CN(C)Cc3c(Cl)cc(Cl)cc32)c1)CC(C)=O. The van der Waals surface area contributed by atoms with Crippen molar-refractivity contribution in [2.45, 2.75) is 56.9 Å². The summed E-state index contributed by atoms with van der Waals surface area (Å²) in [6.45, 7) is 8.57. The number of halogens is 2. The minimum atomic E-state index is 0.00523. The summed E-state index contributed by atoms with van der Waals surface area (Å²) in [4.78, 5) is 26.7. The second kappa shape index (κ2) is 18.1. The van der Waals surface area contributed by atoms with E-state index >= 15 is 0 Å². The highest BCUT2D eigenvalue weighted by Crippen LogP contribution is 2.39. The molecular weight excluding hydrogens is 581 g/mol. The van der Waals surface area contributed by atoms with Crippen molar-refractivity contribution in [2.24, 2.45) is 5.92 Å². The molecule has 0 aromatic heterocycles. The molecule has 41 heavy (non-hydrogen) atoms. The lowest BCUT2D eigenvalue weighted by Crippen LogP contribution is -2.31. The number of Topliss-reactive ketones (excluding diaryl/α,β-unsaturated/α-hetero) is 1. The largest absolute Gasteiger partial charge is 0.378 e. The zero-order chi connectivity index (χ0) is 29.6. The zero-order valence-electron chi connectivity index (χ0n) is 24.3. The quantitative estimate of drug-likeness (QED) is 0.153. The summed E-state index contributed by atoms with van der Waals surface area (Å²) in [5.41, 5.74) is 3.60. The number of fused-ring (bicyclic) bond motifs is 1. The van der Waals surface area contributed by atoms with Crippen molar-refractivity contribution in [1.29, 1.82) is 0 Å². The summed E-state index contributed by atoms with van der Waals surface area (Å²) in [6, 6.07) is 12.5. The summed E-state index contributed by atoms with van der Waals surface area (Å²) in [6.07, 6.45) is 2.65. The first-order valence-electron chi connectivity index (χ1n) is 14.3. The number of nitrogens with zero attached hydrogens (tertiary/aromatic N) is 1. The normalized spacial score (nSPS) is 15.9. The van der Waals surface area contributed by atoms with Crippen LogP contribution in [0.5, 0.6) is 0 Å². The molecule has 3 rings (SSSR count). The van der Waals surface area contributed by atoms with Gasteiger partial charge in [0.05, 0.1) is 26.4 Å². The highest BCUT2D eigenvalue weighted by Gasteiger charge is 2.27. The van der Waals surface area contributed by atoms with Gasteiger partial charge in [0.25, 0.3) is 0 Å². The Bertz CT molecular complexity index is 1140. The molecule has 0 aliphatic carbocycles. The number of likely N-dealkylation sites (N-methyl/N-ethyl adjacent to an activating group) is 1. The number of hydrogen-bond donors (Lipinski definition) is 2. The Labute approximate surface area is 259 Å². The van der Waals surface area contributed by atoms with E-state index in [2.05, 4.69) is 59.2 Å². The first-order valence-corrected chi connectivity index (χ1v) is 15.9. The summed E-state index contributed by atoms with van der Waals surface area (Å²) >= 11 is 14.5. The molecule has 2 N–H and O–H groups in total. The number of benzene rings is 2. The second-order valence-electron chi connectivity index (χ2n) is 10.6. The van der Waals surface area contributed by atoms with Gasteiger partial charge in [0, 0.05) is 59.9 Å². The Morgan fingerprint density at radius 3 is 2.59 bits per heavy atom. The van der Waals surface area contributed by atoms with Crippen molar-refractivity contribution < 1.29 is 19.1 Å². The highest BCUT2D eigenvalue weighted by atomic mass is 35.5. The van der Waals surface area contributed by atoms with E-state index in [0.717, 1.165) is 41.4 Å². The highest BCUT2D eigenvalue weighted by molar-refractivity contribution is 7.97. The predicted octanol–water partition coefficient (Wildman–Crippen LogP) is 6.10. The fraction of sp³-hybridized carbons (Fsp3) is 0.548. The molecule has 2 aromatic carbocycles. The molecule has 7 nitrogen and oxygen atoms in total. The van der Waals surface area contributed by atoms with E-state index in [9.17, 15) is 9.59 Å². The number of hydrogen-bond acceptors (Lipinski definition) is 7. The molecule has 0 saturated carbocycles. The van der Waals surface area contributed by atoms with Gasteiger partial charge in [0.15, 0.2) is 0 Å². The Morgan fingerprint density at radius 1 is 1.10 bits per heavy atom. The van der Waals surface area contributed by atoms with Gasteiger partial charge in [0.1, 0.15) is 5.78 Å². The van der Waals surface area contributed by atoms with E-state index in [1.54, 1.807) is 18.9 Å². The fourth-order valence-corrected chi connectivity index (χ4v) is 6.30. The van der Waals surface area contributed by atoms with Crippen molar-refractivity contribution in [1.82, 2.24) is 14.9 Å². The first-order chi connectivity index (χ1) is 19.8. The number of amides is 1. The fourth-order valence-electron chi connectivity index (χ4n) is 5.04. The number of carbonyl (C=O) groups is 2. The monoisotopic (exact) mass is 623 g/mol. The van der Waals surface area contributed by atoms with Gasteiger partial charge in [-0.15, -0.1) is 0 Å². The van der Waals surface area contributed by atoms with Crippen molar-refractivity contribution in [2.75, 3.05) is 53.1 Å². The standard InChI is InChI=1S/C31H43Cl2N3O4S/c1-4-23(16-22(2)37)8-9-31(38)34-10-12-39-14-15-40-13-11-35-41-26-7-5-6-24(17-26)28-20-36(3)21-29-27(28)18-25(32)19-30(29)33/h5-7,17-19,23,28,35H,4,8-16,20-21H2,1-3H3,(H,34,38)/t23?,28-/m0/s1. The molecule has 0 fully saturated rings. The molecule has 1 aliphatic heterocycles. The number of nitrogens with one attached hydrogen (secondary N) is 2. The Balaban J connectivity index is 1.27. The minimum absolute atomic E-state index is 0.00523. The average Bonchev–Trinajstić information content (AvgIpc) is 2.94. The van der Waals surface area contributed by atoms with Gasteiger partial charge in [-0.25, -0.2) is 0 Å². The summed E-state index contributed by atoms with van der Waals surface area (Å²) in [5, 5.41) is 4.27. The van der Waals surface area contributed by atoms with Crippen molar-refractivity contribution >= 4 is 46.8 Å². The third-order valence-corrected chi connectivity index (χ3v) is 8.56. The smallest absolute Gasteiger partial charge is 0.220 e. The number of ketones is 1. The van der Waals surface area contributed by atoms with Crippen molar-refractivity contribution in [3.63, 3.8) is 0 Å². The molecule has 0 saturated heterocycles. The topological polar surface area (TPSA) is 79.9 Å². The van der Waals surface area contributed by atoms with Crippen LogP contribution < -0.4 is 10.0 Å². The minimum Gasteiger partial charge on any atom is -0.378 e. The molecule has 2 atom stereocenters. The molecule has 0 radical (unpaired) electrons. The van der Waals surface area contributed by atoms with Crippen LogP contribution in [-0.4, -0.2) is 69.7 Å². The van der Waals surface area contributed by atoms with Crippen LogP contribution in [0.25, 0.3) is 0 Å². The lowest BCUT2D eigenvalue weighted by atomic mass is 9.85. The van der Waals surface area contributed by atoms with E-state index in [0.29, 0.717) is 57.4 Å². The van der Waals surface area contributed by atoms with Crippen molar-refractivity contribution in [3.8, 4) is 0 Å². The maximum atomic E-state index is 12.0. The van der Waals surface area contributed by atoms with E-state index in [-0.39, 0.29) is 23.5 Å². The zero-order valence-corrected chi connectivity index (χ0v) is 26.7. The predicted molar refractivity (Wildman–Crippen MR) is 168 cm³/mol. The van der Waals surface area contributed by atoms with Gasteiger partial charge in [0.2, 0.25) is 5.91 Å². The molecule has 1 aliphatic rings. The second-order valence-corrected chi connectivity index (χ2v) is 12.4. The Hall–Kier alpha value is -1.65. The van der Waals surface area contributed by atoms with Crippen LogP contribution in [0.3, 0.4) is 0 Å². The average molecular weight is 625 g/mol. The summed E-state index contributed by atoms with van der Waals surface area (Å²) in [7, 11) is 2.12. The van der Waals surface area contributed by atoms with Gasteiger partial charge >= 0.3 is 0 Å². The van der Waals surface area contributed by atoms with Gasteiger partial charge in [-0.2, -0.15) is 0 Å². The van der Waals surface area contributed by atoms with Crippen LogP contribution in [0.4, 0.5) is 0 Å². The molecule has 1 amide bonds. The lowest BCUT2D eigenvalue weighted by molar-refractivity contribution is -0.122. The third-order valence-electron chi connectivity index (χ3n) is 7.17. The molecular formula is C31H43Cl2N3O4S. The van der Waals surface area contributed by atoms with Gasteiger partial charge in [-0.05, 0) is 79.2 Å². The molecule has 10 heteroatoms. The van der Waals surface area contributed by atoms with Crippen LogP contribution >= 0.6 is 35.1 Å². The van der Waals surface area contributed by atoms with E-state index in [1.807, 2.05) is 6.07 Å². The molecule has 1 heterocycles. The van der Waals surface area contributed by atoms with Crippen LogP contribution in [0.1, 0.15) is 62.1 Å². The number of rotatable bonds is 18. The number of ether oxygens (including phenoxy) is 2. The Morgan fingerprint density at radius 2 is 1.85 bits per heavy atom. The van der Waals surface area contributed by atoms with E-state index in [1.165, 1.54) is 11.1 Å². The van der Waals surface area contributed by atoms with Crippen LogP contribution in [0, 0.1) is 5.92 Å². The maximum Gasteiger partial charge on any atom is 0.220 e. The summed E-state index contributed by atoms with van der Waals surface area (Å²) in [5.74, 6) is 0.681.